The average molecular weight is 264 g/mol. The molecule has 2 unspecified atom stereocenters. The zero-order valence-electron chi connectivity index (χ0n) is 10.9. The van der Waals surface area contributed by atoms with Gasteiger partial charge in [0.2, 0.25) is 0 Å². The van der Waals surface area contributed by atoms with Crippen LogP contribution in [0.2, 0.25) is 0 Å². The standard InChI is InChI=1S/C13H16N2O4/c1-8-6-15(7-10(8)12(16)17)9-3-4-14-11(5-9)13(18)19-2/h3-5,8,10H,6-7H2,1-2H3,(H,16,17). The Morgan fingerprint density at radius 1 is 1.47 bits per heavy atom. The topological polar surface area (TPSA) is 79.7 Å². The summed E-state index contributed by atoms with van der Waals surface area (Å²) in [5.41, 5.74) is 1.03. The van der Waals surface area contributed by atoms with Crippen molar-refractivity contribution in [2.45, 2.75) is 6.92 Å². The van der Waals surface area contributed by atoms with Crippen LogP contribution < -0.4 is 4.90 Å². The highest BCUT2D eigenvalue weighted by Crippen LogP contribution is 2.28. The molecule has 1 aliphatic rings. The Morgan fingerprint density at radius 2 is 2.21 bits per heavy atom. The number of nitrogens with zero attached hydrogens (tertiary/aromatic N) is 2. The molecule has 0 aromatic carbocycles. The van der Waals surface area contributed by atoms with Gasteiger partial charge in [-0.25, -0.2) is 9.78 Å². The number of pyridine rings is 1. The van der Waals surface area contributed by atoms with E-state index in [0.717, 1.165) is 5.69 Å². The van der Waals surface area contributed by atoms with E-state index in [0.29, 0.717) is 13.1 Å². The fraction of sp³-hybridized carbons (Fsp3) is 0.462. The second-order valence-corrected chi connectivity index (χ2v) is 4.72. The monoisotopic (exact) mass is 264 g/mol. The molecule has 1 saturated heterocycles. The summed E-state index contributed by atoms with van der Waals surface area (Å²) < 4.78 is 4.62. The summed E-state index contributed by atoms with van der Waals surface area (Å²) in [6, 6.07) is 3.40. The SMILES string of the molecule is COC(=O)c1cc(N2CC(C)C(C(=O)O)C2)ccn1. The number of methoxy groups -OCH3 is 1. The molecule has 0 aliphatic carbocycles. The van der Waals surface area contributed by atoms with Gasteiger partial charge in [0, 0.05) is 25.0 Å². The molecule has 2 atom stereocenters. The third kappa shape index (κ3) is 2.67. The van der Waals surface area contributed by atoms with Gasteiger partial charge in [0.05, 0.1) is 13.0 Å². The Morgan fingerprint density at radius 3 is 2.79 bits per heavy atom. The molecule has 1 aliphatic heterocycles. The summed E-state index contributed by atoms with van der Waals surface area (Å²) >= 11 is 0. The maximum atomic E-state index is 11.4. The molecule has 2 rings (SSSR count). The van der Waals surface area contributed by atoms with Crippen LogP contribution >= 0.6 is 0 Å². The molecular formula is C13H16N2O4. The number of carboxylic acids is 1. The number of hydrogen-bond acceptors (Lipinski definition) is 5. The molecule has 1 fully saturated rings. The third-order valence-corrected chi connectivity index (χ3v) is 3.43. The molecule has 19 heavy (non-hydrogen) atoms. The number of anilines is 1. The molecule has 0 saturated carbocycles. The highest BCUT2D eigenvalue weighted by molar-refractivity contribution is 5.88. The van der Waals surface area contributed by atoms with Gasteiger partial charge in [0.15, 0.2) is 0 Å². The minimum Gasteiger partial charge on any atom is -0.481 e. The molecule has 102 valence electrons. The Bertz CT molecular complexity index is 503. The van der Waals surface area contributed by atoms with Crippen LogP contribution in [0.4, 0.5) is 5.69 Å². The number of carboxylic acid groups (broad SMARTS) is 1. The van der Waals surface area contributed by atoms with Gasteiger partial charge in [-0.1, -0.05) is 6.92 Å². The van der Waals surface area contributed by atoms with Crippen LogP contribution in [0.3, 0.4) is 0 Å². The van der Waals surface area contributed by atoms with E-state index in [-0.39, 0.29) is 17.5 Å². The van der Waals surface area contributed by atoms with E-state index in [1.807, 2.05) is 11.8 Å². The maximum Gasteiger partial charge on any atom is 0.356 e. The minimum absolute atomic E-state index is 0.0761. The van der Waals surface area contributed by atoms with Gasteiger partial charge in [-0.15, -0.1) is 0 Å². The number of carbonyl (C=O) groups is 2. The number of ether oxygens (including phenoxy) is 1. The van der Waals surface area contributed by atoms with E-state index >= 15 is 0 Å². The number of rotatable bonds is 3. The van der Waals surface area contributed by atoms with E-state index in [1.54, 1.807) is 12.1 Å². The summed E-state index contributed by atoms with van der Waals surface area (Å²) in [6.07, 6.45) is 1.53. The Kier molecular flexibility index (Phi) is 3.69. The van der Waals surface area contributed by atoms with Crippen molar-refractivity contribution in [3.63, 3.8) is 0 Å². The molecule has 6 nitrogen and oxygen atoms in total. The average Bonchev–Trinajstić information content (AvgIpc) is 2.80. The zero-order valence-corrected chi connectivity index (χ0v) is 10.9. The summed E-state index contributed by atoms with van der Waals surface area (Å²) in [7, 11) is 1.30. The van der Waals surface area contributed by atoms with E-state index in [4.69, 9.17) is 5.11 Å². The summed E-state index contributed by atoms with van der Waals surface area (Å²) in [6.45, 7) is 3.02. The lowest BCUT2D eigenvalue weighted by molar-refractivity contribution is -0.142. The molecule has 0 radical (unpaired) electrons. The van der Waals surface area contributed by atoms with Crippen LogP contribution in [0.5, 0.6) is 0 Å². The van der Waals surface area contributed by atoms with E-state index in [2.05, 4.69) is 9.72 Å². The quantitative estimate of drug-likeness (QED) is 0.821. The first kappa shape index (κ1) is 13.3. The van der Waals surface area contributed by atoms with Gasteiger partial charge in [-0.3, -0.25) is 4.79 Å². The number of aromatic nitrogens is 1. The molecule has 0 amide bonds. The van der Waals surface area contributed by atoms with Crippen molar-refractivity contribution in [1.82, 2.24) is 4.98 Å². The Labute approximate surface area is 111 Å². The lowest BCUT2D eigenvalue weighted by Crippen LogP contribution is -2.23. The number of carbonyl (C=O) groups excluding carboxylic acids is 1. The normalized spacial score (nSPS) is 22.3. The van der Waals surface area contributed by atoms with Crippen molar-refractivity contribution in [3.8, 4) is 0 Å². The Balaban J connectivity index is 2.19. The lowest BCUT2D eigenvalue weighted by atomic mass is 9.99. The fourth-order valence-corrected chi connectivity index (χ4v) is 2.33. The first-order chi connectivity index (χ1) is 9.02. The number of hydrogen-bond donors (Lipinski definition) is 1. The van der Waals surface area contributed by atoms with Gasteiger partial charge < -0.3 is 14.7 Å². The van der Waals surface area contributed by atoms with E-state index in [1.165, 1.54) is 13.3 Å². The van der Waals surface area contributed by atoms with Crippen LogP contribution in [-0.2, 0) is 9.53 Å². The molecule has 6 heteroatoms. The predicted octanol–water partition coefficient (Wildman–Crippen LogP) is 1.03. The van der Waals surface area contributed by atoms with Crippen molar-refractivity contribution >= 4 is 17.6 Å². The van der Waals surface area contributed by atoms with Crippen LogP contribution in [0, 0.1) is 11.8 Å². The van der Waals surface area contributed by atoms with Crippen LogP contribution in [0.25, 0.3) is 0 Å². The molecule has 1 N–H and O–H groups in total. The number of esters is 1. The van der Waals surface area contributed by atoms with Gasteiger partial charge >= 0.3 is 11.9 Å². The Hall–Kier alpha value is -2.11. The van der Waals surface area contributed by atoms with Crippen molar-refractivity contribution in [2.24, 2.45) is 11.8 Å². The first-order valence-corrected chi connectivity index (χ1v) is 6.05. The molecule has 1 aromatic heterocycles. The highest BCUT2D eigenvalue weighted by Gasteiger charge is 2.34. The van der Waals surface area contributed by atoms with Crippen LogP contribution in [0.1, 0.15) is 17.4 Å². The van der Waals surface area contributed by atoms with E-state index < -0.39 is 11.9 Å². The predicted molar refractivity (Wildman–Crippen MR) is 68.1 cm³/mol. The van der Waals surface area contributed by atoms with Gasteiger partial charge in [0.25, 0.3) is 0 Å². The number of aliphatic carboxylic acids is 1. The van der Waals surface area contributed by atoms with E-state index in [9.17, 15) is 9.59 Å². The van der Waals surface area contributed by atoms with Crippen molar-refractivity contribution in [3.05, 3.63) is 24.0 Å². The highest BCUT2D eigenvalue weighted by atomic mass is 16.5. The second-order valence-electron chi connectivity index (χ2n) is 4.72. The molecule has 0 spiro atoms. The van der Waals surface area contributed by atoms with Crippen LogP contribution in [-0.4, -0.2) is 42.2 Å². The molecule has 0 bridgehead atoms. The lowest BCUT2D eigenvalue weighted by Gasteiger charge is -2.18. The third-order valence-electron chi connectivity index (χ3n) is 3.43. The smallest absolute Gasteiger partial charge is 0.356 e. The second kappa shape index (κ2) is 5.26. The van der Waals surface area contributed by atoms with Gasteiger partial charge in [0.1, 0.15) is 5.69 Å². The van der Waals surface area contributed by atoms with Crippen LogP contribution in [0.15, 0.2) is 18.3 Å². The molecular weight excluding hydrogens is 248 g/mol. The summed E-state index contributed by atoms with van der Waals surface area (Å²) in [5, 5.41) is 9.12. The molecule has 2 heterocycles. The van der Waals surface area contributed by atoms with Crippen molar-refractivity contribution in [2.75, 3.05) is 25.1 Å². The minimum atomic E-state index is -0.780. The van der Waals surface area contributed by atoms with Gasteiger partial charge in [-0.2, -0.15) is 0 Å². The van der Waals surface area contributed by atoms with Crippen molar-refractivity contribution < 1.29 is 19.4 Å². The fourth-order valence-electron chi connectivity index (χ4n) is 2.33. The summed E-state index contributed by atoms with van der Waals surface area (Å²) in [4.78, 5) is 28.4. The molecule has 1 aromatic rings. The first-order valence-electron chi connectivity index (χ1n) is 6.05. The summed E-state index contributed by atoms with van der Waals surface area (Å²) in [5.74, 6) is -1.58. The maximum absolute atomic E-state index is 11.4. The zero-order chi connectivity index (χ0) is 14.0. The van der Waals surface area contributed by atoms with Gasteiger partial charge in [-0.05, 0) is 18.1 Å². The largest absolute Gasteiger partial charge is 0.481 e. The van der Waals surface area contributed by atoms with Crippen molar-refractivity contribution in [1.29, 1.82) is 0 Å².